The largest absolute Gasteiger partial charge is 0.480 e. The van der Waals surface area contributed by atoms with E-state index in [1.54, 1.807) is 30.3 Å². The molecule has 0 aliphatic carbocycles. The molecule has 0 fully saturated rings. The number of guanidine groups is 1. The zero-order chi connectivity index (χ0) is 15.0. The SMILES string of the molecule is NC(N)=NOCCC(NC(=O)c1ccccc1)C(=O)O. The van der Waals surface area contributed by atoms with Crippen LogP contribution in [0.2, 0.25) is 0 Å². The van der Waals surface area contributed by atoms with Gasteiger partial charge in [-0.3, -0.25) is 4.79 Å². The minimum Gasteiger partial charge on any atom is -0.480 e. The van der Waals surface area contributed by atoms with Crippen LogP contribution in [-0.4, -0.2) is 35.6 Å². The Morgan fingerprint density at radius 2 is 1.95 bits per heavy atom. The number of amides is 1. The van der Waals surface area contributed by atoms with Gasteiger partial charge in [0.05, 0.1) is 0 Å². The van der Waals surface area contributed by atoms with Crippen LogP contribution in [-0.2, 0) is 9.63 Å². The molecular formula is C12H16N4O4. The van der Waals surface area contributed by atoms with Gasteiger partial charge in [-0.25, -0.2) is 4.79 Å². The van der Waals surface area contributed by atoms with E-state index in [2.05, 4.69) is 15.3 Å². The molecule has 0 radical (unpaired) electrons. The summed E-state index contributed by atoms with van der Waals surface area (Å²) in [5, 5.41) is 14.7. The molecule has 1 aromatic carbocycles. The van der Waals surface area contributed by atoms with Crippen molar-refractivity contribution in [3.63, 3.8) is 0 Å². The van der Waals surface area contributed by atoms with Crippen LogP contribution in [0.1, 0.15) is 16.8 Å². The number of carboxylic acid groups (broad SMARTS) is 1. The second kappa shape index (κ2) is 7.62. The van der Waals surface area contributed by atoms with E-state index in [1.807, 2.05) is 0 Å². The number of carboxylic acids is 1. The standard InChI is InChI=1S/C12H16N4O4/c13-12(14)16-20-7-6-9(11(18)19)15-10(17)8-4-2-1-3-5-8/h1-5,9H,6-7H2,(H,15,17)(H,18,19)(H4,13,14,16). The topological polar surface area (TPSA) is 140 Å². The van der Waals surface area contributed by atoms with Crippen LogP contribution in [0.5, 0.6) is 0 Å². The fourth-order valence-electron chi connectivity index (χ4n) is 1.38. The Bertz CT molecular complexity index is 485. The quantitative estimate of drug-likeness (QED) is 0.229. The van der Waals surface area contributed by atoms with Crippen LogP contribution in [0.3, 0.4) is 0 Å². The summed E-state index contributed by atoms with van der Waals surface area (Å²) in [6.07, 6.45) is 0.0324. The normalized spacial score (nSPS) is 11.2. The molecule has 8 heteroatoms. The molecule has 0 heterocycles. The maximum atomic E-state index is 11.8. The van der Waals surface area contributed by atoms with Gasteiger partial charge < -0.3 is 26.7 Å². The van der Waals surface area contributed by atoms with Crippen LogP contribution >= 0.6 is 0 Å². The lowest BCUT2D eigenvalue weighted by Gasteiger charge is -2.13. The van der Waals surface area contributed by atoms with Gasteiger partial charge in [0, 0.05) is 12.0 Å². The van der Waals surface area contributed by atoms with Crippen molar-refractivity contribution in [1.82, 2.24) is 5.32 Å². The molecule has 20 heavy (non-hydrogen) atoms. The first-order chi connectivity index (χ1) is 9.50. The molecule has 0 bridgehead atoms. The van der Waals surface area contributed by atoms with Crippen LogP contribution < -0.4 is 16.8 Å². The first-order valence-corrected chi connectivity index (χ1v) is 5.80. The number of hydrogen-bond acceptors (Lipinski definition) is 4. The zero-order valence-electron chi connectivity index (χ0n) is 10.7. The molecule has 8 nitrogen and oxygen atoms in total. The summed E-state index contributed by atoms with van der Waals surface area (Å²) in [4.78, 5) is 27.5. The zero-order valence-corrected chi connectivity index (χ0v) is 10.7. The lowest BCUT2D eigenvalue weighted by Crippen LogP contribution is -2.41. The van der Waals surface area contributed by atoms with E-state index in [0.717, 1.165) is 0 Å². The summed E-state index contributed by atoms with van der Waals surface area (Å²) in [6, 6.07) is 7.22. The van der Waals surface area contributed by atoms with Gasteiger partial charge >= 0.3 is 5.97 Å². The van der Waals surface area contributed by atoms with E-state index in [9.17, 15) is 9.59 Å². The minimum absolute atomic E-state index is 0.0324. The molecule has 1 unspecified atom stereocenters. The highest BCUT2D eigenvalue weighted by molar-refractivity contribution is 5.96. The predicted octanol–water partition coefficient (Wildman–Crippen LogP) is -0.535. The number of hydrogen-bond donors (Lipinski definition) is 4. The Kier molecular flexibility index (Phi) is 5.82. The van der Waals surface area contributed by atoms with Crippen molar-refractivity contribution in [2.45, 2.75) is 12.5 Å². The average molecular weight is 280 g/mol. The molecule has 1 amide bonds. The molecule has 0 spiro atoms. The van der Waals surface area contributed by atoms with Crippen molar-refractivity contribution in [3.8, 4) is 0 Å². The van der Waals surface area contributed by atoms with Crippen molar-refractivity contribution in [1.29, 1.82) is 0 Å². The Hall–Kier alpha value is -2.77. The van der Waals surface area contributed by atoms with Gasteiger partial charge in [-0.15, -0.1) is 0 Å². The third-order valence-corrected chi connectivity index (χ3v) is 2.31. The number of nitrogens with zero attached hydrogens (tertiary/aromatic N) is 1. The molecule has 0 aromatic heterocycles. The van der Waals surface area contributed by atoms with Crippen LogP contribution in [0.25, 0.3) is 0 Å². The summed E-state index contributed by atoms with van der Waals surface area (Å²) >= 11 is 0. The molecule has 1 rings (SSSR count). The van der Waals surface area contributed by atoms with Crippen molar-refractivity contribution < 1.29 is 19.5 Å². The lowest BCUT2D eigenvalue weighted by atomic mass is 10.1. The number of benzene rings is 1. The van der Waals surface area contributed by atoms with E-state index in [0.29, 0.717) is 5.56 Å². The Morgan fingerprint density at radius 3 is 2.50 bits per heavy atom. The van der Waals surface area contributed by atoms with E-state index in [4.69, 9.17) is 16.6 Å². The maximum Gasteiger partial charge on any atom is 0.326 e. The number of nitrogens with two attached hydrogens (primary N) is 2. The highest BCUT2D eigenvalue weighted by Crippen LogP contribution is 2.01. The number of carbonyl (C=O) groups excluding carboxylic acids is 1. The fourth-order valence-corrected chi connectivity index (χ4v) is 1.38. The van der Waals surface area contributed by atoms with Crippen molar-refractivity contribution in [3.05, 3.63) is 35.9 Å². The van der Waals surface area contributed by atoms with Crippen molar-refractivity contribution in [2.75, 3.05) is 6.61 Å². The molecule has 108 valence electrons. The molecular weight excluding hydrogens is 264 g/mol. The summed E-state index contributed by atoms with van der Waals surface area (Å²) in [6.45, 7) is -0.0378. The van der Waals surface area contributed by atoms with Gasteiger partial charge in [0.15, 0.2) is 0 Å². The molecule has 0 aliphatic heterocycles. The van der Waals surface area contributed by atoms with Gasteiger partial charge in [0.25, 0.3) is 5.91 Å². The Morgan fingerprint density at radius 1 is 1.30 bits per heavy atom. The van der Waals surface area contributed by atoms with E-state index >= 15 is 0 Å². The Balaban J connectivity index is 2.53. The molecule has 0 saturated carbocycles. The summed E-state index contributed by atoms with van der Waals surface area (Å²) < 4.78 is 0. The number of rotatable bonds is 7. The fraction of sp³-hybridized carbons (Fsp3) is 0.250. The average Bonchev–Trinajstić information content (AvgIpc) is 2.42. The third kappa shape index (κ3) is 5.25. The van der Waals surface area contributed by atoms with Gasteiger partial charge in [-0.05, 0) is 17.3 Å². The molecule has 0 saturated heterocycles. The maximum absolute atomic E-state index is 11.8. The van der Waals surface area contributed by atoms with Gasteiger partial charge in [0.1, 0.15) is 12.6 Å². The lowest BCUT2D eigenvalue weighted by molar-refractivity contribution is -0.139. The smallest absolute Gasteiger partial charge is 0.326 e. The second-order valence-electron chi connectivity index (χ2n) is 3.87. The van der Waals surface area contributed by atoms with Gasteiger partial charge in [-0.2, -0.15) is 0 Å². The summed E-state index contributed by atoms with van der Waals surface area (Å²) in [5.74, 6) is -1.90. The molecule has 0 aliphatic rings. The molecule has 6 N–H and O–H groups in total. The number of oxime groups is 1. The minimum atomic E-state index is -1.16. The van der Waals surface area contributed by atoms with E-state index < -0.39 is 17.9 Å². The van der Waals surface area contributed by atoms with Crippen LogP contribution in [0.15, 0.2) is 35.5 Å². The van der Waals surface area contributed by atoms with E-state index in [1.165, 1.54) is 0 Å². The number of aliphatic carboxylic acids is 1. The highest BCUT2D eigenvalue weighted by Gasteiger charge is 2.20. The first kappa shape index (κ1) is 15.3. The summed E-state index contributed by atoms with van der Waals surface area (Å²) in [7, 11) is 0. The third-order valence-electron chi connectivity index (χ3n) is 2.31. The summed E-state index contributed by atoms with van der Waals surface area (Å²) in [5.41, 5.74) is 10.5. The van der Waals surface area contributed by atoms with Crippen LogP contribution in [0.4, 0.5) is 0 Å². The monoisotopic (exact) mass is 280 g/mol. The van der Waals surface area contributed by atoms with E-state index in [-0.39, 0.29) is 19.0 Å². The first-order valence-electron chi connectivity index (χ1n) is 5.80. The second-order valence-corrected chi connectivity index (χ2v) is 3.87. The molecule has 1 aromatic rings. The predicted molar refractivity (Wildman–Crippen MR) is 71.7 cm³/mol. The molecule has 1 atom stereocenters. The van der Waals surface area contributed by atoms with Crippen molar-refractivity contribution in [2.24, 2.45) is 16.6 Å². The van der Waals surface area contributed by atoms with Crippen molar-refractivity contribution >= 4 is 17.8 Å². The number of carbonyl (C=O) groups is 2. The van der Waals surface area contributed by atoms with Gasteiger partial charge in [0.2, 0.25) is 5.96 Å². The van der Waals surface area contributed by atoms with Gasteiger partial charge in [-0.1, -0.05) is 18.2 Å². The highest BCUT2D eigenvalue weighted by atomic mass is 16.6. The Labute approximate surface area is 115 Å². The van der Waals surface area contributed by atoms with Crippen LogP contribution in [0, 0.1) is 0 Å². The number of nitrogens with one attached hydrogen (secondary N) is 1.